The Morgan fingerprint density at radius 3 is 2.38 bits per heavy atom. The summed E-state index contributed by atoms with van der Waals surface area (Å²) in [6, 6.07) is 6.23. The van der Waals surface area contributed by atoms with Gasteiger partial charge in [-0.2, -0.15) is 0 Å². The number of hydrogen-bond donors (Lipinski definition) is 2. The Morgan fingerprint density at radius 1 is 1.14 bits per heavy atom. The molecule has 2 N–H and O–H groups in total. The third-order valence-corrected chi connectivity index (χ3v) is 3.35. The zero-order valence-corrected chi connectivity index (χ0v) is 12.8. The van der Waals surface area contributed by atoms with Crippen LogP contribution in [0.1, 0.15) is 39.2 Å². The first-order valence-electron chi connectivity index (χ1n) is 7.19. The van der Waals surface area contributed by atoms with Gasteiger partial charge in [-0.1, -0.05) is 31.5 Å². The van der Waals surface area contributed by atoms with Crippen LogP contribution < -0.4 is 10.6 Å². The van der Waals surface area contributed by atoms with Crippen LogP contribution in [0.15, 0.2) is 24.3 Å². The highest BCUT2D eigenvalue weighted by Crippen LogP contribution is 2.16. The quantitative estimate of drug-likeness (QED) is 0.599. The monoisotopic (exact) mass is 294 g/mol. The van der Waals surface area contributed by atoms with Crippen molar-refractivity contribution in [2.75, 3.05) is 6.54 Å². The van der Waals surface area contributed by atoms with Gasteiger partial charge >= 0.3 is 0 Å². The van der Waals surface area contributed by atoms with Crippen molar-refractivity contribution in [3.63, 3.8) is 0 Å². The molecule has 0 heterocycles. The summed E-state index contributed by atoms with van der Waals surface area (Å²) < 4.78 is 13.5. The fraction of sp³-hybridized carbons (Fsp3) is 0.500. The van der Waals surface area contributed by atoms with E-state index in [-0.39, 0.29) is 18.3 Å². The van der Waals surface area contributed by atoms with Crippen molar-refractivity contribution in [1.29, 1.82) is 0 Å². The molecule has 2 amide bonds. The van der Waals surface area contributed by atoms with E-state index in [1.807, 2.05) is 6.92 Å². The van der Waals surface area contributed by atoms with E-state index in [1.165, 1.54) is 6.07 Å². The lowest BCUT2D eigenvalue weighted by atomic mass is 9.91. The Labute approximate surface area is 125 Å². The molecule has 4 nitrogen and oxygen atoms in total. The van der Waals surface area contributed by atoms with Gasteiger partial charge < -0.3 is 10.6 Å². The molecule has 0 fully saturated rings. The Hall–Kier alpha value is -1.91. The van der Waals surface area contributed by atoms with Crippen LogP contribution in [0, 0.1) is 11.2 Å². The van der Waals surface area contributed by atoms with Crippen LogP contribution in [0.2, 0.25) is 0 Å². The maximum Gasteiger partial charge on any atom is 0.235 e. The van der Waals surface area contributed by atoms with E-state index in [9.17, 15) is 14.0 Å². The van der Waals surface area contributed by atoms with Gasteiger partial charge in [0.15, 0.2) is 0 Å². The molecule has 0 aliphatic heterocycles. The number of unbranched alkanes of at least 4 members (excludes halogenated alkanes) is 1. The van der Waals surface area contributed by atoms with Crippen LogP contribution in [-0.2, 0) is 16.1 Å². The summed E-state index contributed by atoms with van der Waals surface area (Å²) in [5.41, 5.74) is -0.785. The summed E-state index contributed by atoms with van der Waals surface area (Å²) in [5.74, 6) is -1.11. The Kier molecular flexibility index (Phi) is 6.34. The van der Waals surface area contributed by atoms with Gasteiger partial charge in [0.05, 0.1) is 0 Å². The van der Waals surface area contributed by atoms with Gasteiger partial charge in [0.1, 0.15) is 11.2 Å². The van der Waals surface area contributed by atoms with Crippen LogP contribution in [0.5, 0.6) is 0 Å². The van der Waals surface area contributed by atoms with Crippen molar-refractivity contribution < 1.29 is 14.0 Å². The average Bonchev–Trinajstić information content (AvgIpc) is 2.46. The van der Waals surface area contributed by atoms with Crippen LogP contribution >= 0.6 is 0 Å². The normalized spacial score (nSPS) is 11.0. The minimum atomic E-state index is -1.18. The molecule has 0 saturated carbocycles. The number of hydrogen-bond acceptors (Lipinski definition) is 2. The number of carbonyl (C=O) groups excluding carboxylic acids is 2. The fourth-order valence-electron chi connectivity index (χ4n) is 1.74. The van der Waals surface area contributed by atoms with E-state index in [1.54, 1.807) is 32.0 Å². The number of halogens is 1. The van der Waals surface area contributed by atoms with Gasteiger partial charge in [-0.3, -0.25) is 9.59 Å². The standard InChI is InChI=1S/C16H23FN2O2/c1-4-5-10-18-14(20)16(2,3)15(21)19-11-12-8-6-7-9-13(12)17/h6-9H,4-5,10-11H2,1-3H3,(H,18,20)(H,19,21). The first-order chi connectivity index (χ1) is 9.89. The van der Waals surface area contributed by atoms with Gasteiger partial charge in [0.25, 0.3) is 0 Å². The number of rotatable bonds is 7. The van der Waals surface area contributed by atoms with Gasteiger partial charge in [-0.15, -0.1) is 0 Å². The maximum absolute atomic E-state index is 13.5. The number of carbonyl (C=O) groups is 2. The maximum atomic E-state index is 13.5. The summed E-state index contributed by atoms with van der Waals surface area (Å²) in [7, 11) is 0. The predicted molar refractivity (Wildman–Crippen MR) is 79.9 cm³/mol. The molecular formula is C16H23FN2O2. The van der Waals surface area contributed by atoms with Crippen LogP contribution in [0.3, 0.4) is 0 Å². The van der Waals surface area contributed by atoms with E-state index < -0.39 is 11.3 Å². The molecule has 0 aromatic heterocycles. The molecule has 1 aromatic carbocycles. The first-order valence-corrected chi connectivity index (χ1v) is 7.19. The Bertz CT molecular complexity index is 501. The molecule has 21 heavy (non-hydrogen) atoms. The second-order valence-electron chi connectivity index (χ2n) is 5.51. The second-order valence-corrected chi connectivity index (χ2v) is 5.51. The van der Waals surface area contributed by atoms with E-state index in [4.69, 9.17) is 0 Å². The molecule has 1 rings (SSSR count). The number of benzene rings is 1. The summed E-state index contributed by atoms with van der Waals surface area (Å²) >= 11 is 0. The highest BCUT2D eigenvalue weighted by atomic mass is 19.1. The van der Waals surface area contributed by atoms with Crippen molar-refractivity contribution in [2.45, 2.75) is 40.2 Å². The van der Waals surface area contributed by atoms with E-state index in [2.05, 4.69) is 10.6 Å². The summed E-state index contributed by atoms with van der Waals surface area (Å²) in [5, 5.41) is 5.35. The summed E-state index contributed by atoms with van der Waals surface area (Å²) in [6.07, 6.45) is 1.85. The molecule has 0 radical (unpaired) electrons. The minimum Gasteiger partial charge on any atom is -0.355 e. The van der Waals surface area contributed by atoms with Crippen molar-refractivity contribution in [3.8, 4) is 0 Å². The SMILES string of the molecule is CCCCNC(=O)C(C)(C)C(=O)NCc1ccccc1F. The zero-order valence-electron chi connectivity index (χ0n) is 12.8. The lowest BCUT2D eigenvalue weighted by Gasteiger charge is -2.22. The van der Waals surface area contributed by atoms with Crippen LogP contribution in [0.4, 0.5) is 4.39 Å². The minimum absolute atomic E-state index is 0.0666. The molecule has 1 aromatic rings. The Balaban J connectivity index is 2.57. The van der Waals surface area contributed by atoms with Gasteiger partial charge in [-0.05, 0) is 26.3 Å². The van der Waals surface area contributed by atoms with Crippen molar-refractivity contribution in [3.05, 3.63) is 35.6 Å². The predicted octanol–water partition coefficient (Wildman–Crippen LogP) is 2.38. The lowest BCUT2D eigenvalue weighted by molar-refractivity contribution is -0.141. The number of nitrogens with one attached hydrogen (secondary N) is 2. The zero-order chi connectivity index (χ0) is 15.9. The molecule has 0 aliphatic carbocycles. The largest absolute Gasteiger partial charge is 0.355 e. The highest BCUT2D eigenvalue weighted by molar-refractivity contribution is 6.04. The fourth-order valence-corrected chi connectivity index (χ4v) is 1.74. The molecule has 0 spiro atoms. The van der Waals surface area contributed by atoms with Gasteiger partial charge in [-0.25, -0.2) is 4.39 Å². The molecule has 0 atom stereocenters. The topological polar surface area (TPSA) is 58.2 Å². The van der Waals surface area contributed by atoms with Crippen LogP contribution in [-0.4, -0.2) is 18.4 Å². The summed E-state index contributed by atoms with van der Waals surface area (Å²) in [4.78, 5) is 24.1. The van der Waals surface area contributed by atoms with Gasteiger partial charge in [0, 0.05) is 18.7 Å². The molecular weight excluding hydrogens is 271 g/mol. The smallest absolute Gasteiger partial charge is 0.235 e. The number of amides is 2. The average molecular weight is 294 g/mol. The molecule has 5 heteroatoms. The summed E-state index contributed by atoms with van der Waals surface area (Å²) in [6.45, 7) is 5.77. The van der Waals surface area contributed by atoms with E-state index in [0.717, 1.165) is 12.8 Å². The highest BCUT2D eigenvalue weighted by Gasteiger charge is 2.35. The third-order valence-electron chi connectivity index (χ3n) is 3.35. The first kappa shape index (κ1) is 17.1. The molecule has 0 unspecified atom stereocenters. The molecule has 0 bridgehead atoms. The van der Waals surface area contributed by atoms with Crippen molar-refractivity contribution >= 4 is 11.8 Å². The van der Waals surface area contributed by atoms with E-state index >= 15 is 0 Å². The lowest BCUT2D eigenvalue weighted by Crippen LogP contribution is -2.47. The Morgan fingerprint density at radius 2 is 1.76 bits per heavy atom. The van der Waals surface area contributed by atoms with Crippen molar-refractivity contribution in [2.24, 2.45) is 5.41 Å². The van der Waals surface area contributed by atoms with Crippen molar-refractivity contribution in [1.82, 2.24) is 10.6 Å². The molecule has 116 valence electrons. The molecule has 0 saturated heterocycles. The third kappa shape index (κ3) is 4.85. The van der Waals surface area contributed by atoms with E-state index in [0.29, 0.717) is 12.1 Å². The molecule has 0 aliphatic rings. The van der Waals surface area contributed by atoms with Gasteiger partial charge in [0.2, 0.25) is 11.8 Å². The second kappa shape index (κ2) is 7.76. The van der Waals surface area contributed by atoms with Crippen LogP contribution in [0.25, 0.3) is 0 Å².